The van der Waals surface area contributed by atoms with Gasteiger partial charge in [-0.1, -0.05) is 85.7 Å². The Kier molecular flexibility index (Phi) is 16.3. The van der Waals surface area contributed by atoms with Crippen molar-refractivity contribution in [3.8, 4) is 0 Å². The molecule has 1 aliphatic heterocycles. The summed E-state index contributed by atoms with van der Waals surface area (Å²) in [6.07, 6.45) is 1.76. The van der Waals surface area contributed by atoms with E-state index < -0.39 is 83.1 Å². The number of aromatic nitrogens is 1. The molecule has 0 spiro atoms. The zero-order valence-electron chi connectivity index (χ0n) is 33.5. The fourth-order valence-electron chi connectivity index (χ4n) is 6.08. The summed E-state index contributed by atoms with van der Waals surface area (Å²) in [5, 5.41) is 19.7. The lowest BCUT2D eigenvalue weighted by Gasteiger charge is -2.36. The monoisotopic (exact) mass is 782 g/mol. The topological polar surface area (TPSA) is 209 Å². The van der Waals surface area contributed by atoms with Crippen LogP contribution in [0.3, 0.4) is 0 Å². The Labute approximate surface area is 328 Å². The fraction of sp³-hybridized carbons (Fsp3) is 0.590. The zero-order valence-corrected chi connectivity index (χ0v) is 34.3. The number of nitrogens with zero attached hydrogens (tertiary/aromatic N) is 2. The van der Waals surface area contributed by atoms with E-state index in [0.717, 1.165) is 5.56 Å². The molecule has 6 N–H and O–H groups in total. The second kappa shape index (κ2) is 20.2. The highest BCUT2D eigenvalue weighted by Gasteiger charge is 2.38. The number of rotatable bonds is 13. The highest BCUT2D eigenvalue weighted by Crippen LogP contribution is 2.25. The third kappa shape index (κ3) is 13.1. The van der Waals surface area contributed by atoms with Gasteiger partial charge in [-0.2, -0.15) is 0 Å². The van der Waals surface area contributed by atoms with Crippen molar-refractivity contribution in [1.29, 1.82) is 0 Å². The summed E-state index contributed by atoms with van der Waals surface area (Å²) in [4.78, 5) is 90.0. The van der Waals surface area contributed by atoms with Gasteiger partial charge >= 0.3 is 5.97 Å². The van der Waals surface area contributed by atoms with Gasteiger partial charge in [-0.05, 0) is 36.2 Å². The number of thiazole rings is 1. The summed E-state index contributed by atoms with van der Waals surface area (Å²) in [5.41, 5.74) is 0.101. The Morgan fingerprint density at radius 1 is 0.945 bits per heavy atom. The van der Waals surface area contributed by atoms with E-state index >= 15 is 0 Å². The molecule has 2 heterocycles. The van der Waals surface area contributed by atoms with Crippen LogP contribution in [-0.2, 0) is 33.5 Å². The number of nitrogens with one attached hydrogen (secondary N) is 6. The van der Waals surface area contributed by atoms with Crippen LogP contribution in [-0.4, -0.2) is 90.2 Å². The van der Waals surface area contributed by atoms with Crippen LogP contribution >= 0.6 is 11.3 Å². The maximum absolute atomic E-state index is 14.1. The summed E-state index contributed by atoms with van der Waals surface area (Å²) in [6, 6.07) is 3.56. The number of amidine groups is 1. The molecule has 0 aliphatic carbocycles. The maximum Gasteiger partial charge on any atom is 0.308 e. The molecule has 1 saturated heterocycles. The van der Waals surface area contributed by atoms with Crippen molar-refractivity contribution in [2.45, 2.75) is 117 Å². The van der Waals surface area contributed by atoms with Crippen LogP contribution in [0, 0.1) is 17.3 Å². The molecule has 7 atom stereocenters. The average molecular weight is 783 g/mol. The highest BCUT2D eigenvalue weighted by molar-refractivity contribution is 7.09. The molecular formula is C39H58N8O7S. The molecule has 3 rings (SSSR count). The van der Waals surface area contributed by atoms with Gasteiger partial charge in [-0.3, -0.25) is 33.8 Å². The number of hydrogen-bond acceptors (Lipinski definition) is 10. The Morgan fingerprint density at radius 2 is 1.62 bits per heavy atom. The van der Waals surface area contributed by atoms with E-state index in [2.05, 4.69) is 36.9 Å². The third-order valence-corrected chi connectivity index (χ3v) is 10.1. The van der Waals surface area contributed by atoms with Crippen LogP contribution in [0.15, 0.2) is 46.9 Å². The van der Waals surface area contributed by atoms with Crippen LogP contribution in [0.1, 0.15) is 97.7 Å². The minimum absolute atomic E-state index is 0.0756. The van der Waals surface area contributed by atoms with Crippen molar-refractivity contribution in [2.24, 2.45) is 22.2 Å². The number of amides is 5. The van der Waals surface area contributed by atoms with Gasteiger partial charge in [0.2, 0.25) is 29.5 Å². The van der Waals surface area contributed by atoms with Gasteiger partial charge in [0.15, 0.2) is 0 Å². The standard InChI is InChI=1S/C39H58N8O7S/c1-21(2)18-26-35(51)45-30(22(3)4)36(52)47-32(39(7,8)9)33(41-20-28(48)43-26)42-24(6)34(50)46-31(23(5)25-14-12-11-13-15-25)37(53)44-27(19-29(49)54-10)38-40-16-17-55-38/h11-17,21-24,26-27,30-32H,18-20H2,1-10H3,(H,41,42)(H,43,48)(H,44,53)(H,45,51)(H,46,50)(H,47,52)/t23-,24-,26-,27+,30-,31-,32+/m0/s1. The molecule has 15 nitrogen and oxygen atoms in total. The van der Waals surface area contributed by atoms with Crippen LogP contribution in [0.5, 0.6) is 0 Å². The second-order valence-corrected chi connectivity index (χ2v) is 16.7. The molecule has 5 amide bonds. The van der Waals surface area contributed by atoms with Crippen LogP contribution in [0.4, 0.5) is 0 Å². The third-order valence-electron chi connectivity index (χ3n) is 9.24. The first-order chi connectivity index (χ1) is 25.8. The number of ether oxygens (including phenoxy) is 1. The molecule has 0 radical (unpaired) electrons. The molecule has 0 bridgehead atoms. The number of carbonyl (C=O) groups excluding carboxylic acids is 6. The lowest BCUT2D eigenvalue weighted by molar-refractivity contribution is -0.141. The first-order valence-electron chi connectivity index (χ1n) is 18.7. The lowest BCUT2D eigenvalue weighted by Crippen LogP contribution is -2.63. The van der Waals surface area contributed by atoms with Gasteiger partial charge in [0, 0.05) is 17.5 Å². The van der Waals surface area contributed by atoms with Crippen molar-refractivity contribution in [3.63, 3.8) is 0 Å². The van der Waals surface area contributed by atoms with Crippen molar-refractivity contribution in [2.75, 3.05) is 13.7 Å². The van der Waals surface area contributed by atoms with E-state index in [9.17, 15) is 28.8 Å². The number of carbonyl (C=O) groups is 6. The summed E-state index contributed by atoms with van der Waals surface area (Å²) < 4.78 is 4.87. The van der Waals surface area contributed by atoms with Gasteiger partial charge in [0.1, 0.15) is 35.0 Å². The second-order valence-electron chi connectivity index (χ2n) is 15.7. The molecule has 302 valence electrons. The number of aliphatic imine (C=N–C) groups is 1. The highest BCUT2D eigenvalue weighted by atomic mass is 32.1. The minimum atomic E-state index is -1.11. The van der Waals surface area contributed by atoms with Gasteiger partial charge in [-0.25, -0.2) is 4.98 Å². The maximum atomic E-state index is 14.1. The number of methoxy groups -OCH3 is 1. The van der Waals surface area contributed by atoms with E-state index in [1.807, 2.05) is 85.7 Å². The number of hydrogen-bond donors (Lipinski definition) is 6. The summed E-state index contributed by atoms with van der Waals surface area (Å²) >= 11 is 1.27. The summed E-state index contributed by atoms with van der Waals surface area (Å²) in [7, 11) is 1.26. The molecule has 0 saturated carbocycles. The van der Waals surface area contributed by atoms with Gasteiger partial charge in [0.05, 0.1) is 32.2 Å². The van der Waals surface area contributed by atoms with Crippen molar-refractivity contribution in [3.05, 3.63) is 52.5 Å². The fourth-order valence-corrected chi connectivity index (χ4v) is 6.77. The van der Waals surface area contributed by atoms with E-state index in [1.54, 1.807) is 18.5 Å². The predicted octanol–water partition coefficient (Wildman–Crippen LogP) is 2.74. The predicted molar refractivity (Wildman–Crippen MR) is 211 cm³/mol. The summed E-state index contributed by atoms with van der Waals surface area (Å²) in [6.45, 7) is 16.2. The quantitative estimate of drug-likeness (QED) is 0.165. The van der Waals surface area contributed by atoms with E-state index in [-0.39, 0.29) is 30.6 Å². The van der Waals surface area contributed by atoms with Crippen molar-refractivity contribution < 1.29 is 33.5 Å². The molecule has 16 heteroatoms. The molecule has 1 aliphatic rings. The smallest absolute Gasteiger partial charge is 0.308 e. The Morgan fingerprint density at radius 3 is 2.18 bits per heavy atom. The molecule has 1 fully saturated rings. The summed E-state index contributed by atoms with van der Waals surface area (Å²) in [5.74, 6) is -3.62. The van der Waals surface area contributed by atoms with E-state index in [4.69, 9.17) is 9.73 Å². The van der Waals surface area contributed by atoms with E-state index in [1.165, 1.54) is 18.4 Å². The van der Waals surface area contributed by atoms with Crippen LogP contribution in [0.25, 0.3) is 0 Å². The van der Waals surface area contributed by atoms with E-state index in [0.29, 0.717) is 11.4 Å². The number of esters is 1. The van der Waals surface area contributed by atoms with Gasteiger partial charge < -0.3 is 36.6 Å². The molecular weight excluding hydrogens is 725 g/mol. The zero-order chi connectivity index (χ0) is 41.0. The van der Waals surface area contributed by atoms with Crippen LogP contribution in [0.2, 0.25) is 0 Å². The van der Waals surface area contributed by atoms with Gasteiger partial charge in [-0.15, -0.1) is 11.3 Å². The van der Waals surface area contributed by atoms with Crippen molar-refractivity contribution in [1.82, 2.24) is 36.9 Å². The SMILES string of the molecule is COC(=O)C[C@@H](NC(=O)[C@@H](NC(=O)[C@H](C)/N=C1\NCC(=O)N[C@@H](CC(C)C)C(=O)N[C@@H](C(C)C)C(=O)N[C@H]1C(C)(C)C)[C@@H](C)c1ccccc1)c1nccs1. The Balaban J connectivity index is 2.01. The first kappa shape index (κ1) is 44.5. The molecule has 1 aromatic carbocycles. The van der Waals surface area contributed by atoms with Crippen molar-refractivity contribution >= 4 is 52.7 Å². The molecule has 0 unspecified atom stereocenters. The average Bonchev–Trinajstić information content (AvgIpc) is 3.66. The Hall–Kier alpha value is -4.86. The first-order valence-corrected chi connectivity index (χ1v) is 19.5. The lowest BCUT2D eigenvalue weighted by atomic mass is 9.85. The molecule has 55 heavy (non-hydrogen) atoms. The number of benzene rings is 1. The van der Waals surface area contributed by atoms with Gasteiger partial charge in [0.25, 0.3) is 0 Å². The normalized spacial score (nSPS) is 21.4. The molecule has 2 aromatic rings. The Bertz CT molecular complexity index is 1660. The minimum Gasteiger partial charge on any atom is -0.469 e. The van der Waals surface area contributed by atoms with Crippen LogP contribution < -0.4 is 31.9 Å². The largest absolute Gasteiger partial charge is 0.469 e. The molecule has 1 aromatic heterocycles.